The van der Waals surface area contributed by atoms with Crippen LogP contribution in [0.5, 0.6) is 5.75 Å². The molecule has 2 N–H and O–H groups in total. The van der Waals surface area contributed by atoms with Crippen molar-refractivity contribution >= 4 is 16.0 Å². The molecule has 2 atom stereocenters. The van der Waals surface area contributed by atoms with Crippen LogP contribution in [0.3, 0.4) is 0 Å². The quantitative estimate of drug-likeness (QED) is 0.791. The van der Waals surface area contributed by atoms with E-state index in [1.807, 2.05) is 0 Å². The van der Waals surface area contributed by atoms with E-state index in [2.05, 4.69) is 4.72 Å². The zero-order valence-electron chi connectivity index (χ0n) is 10.8. The van der Waals surface area contributed by atoms with Crippen LogP contribution in [0.4, 0.5) is 0 Å². The van der Waals surface area contributed by atoms with E-state index < -0.39 is 28.0 Å². The molecule has 20 heavy (non-hydrogen) atoms. The van der Waals surface area contributed by atoms with Gasteiger partial charge in [-0.2, -0.15) is 0 Å². The van der Waals surface area contributed by atoms with Crippen molar-refractivity contribution in [3.05, 3.63) is 36.4 Å². The van der Waals surface area contributed by atoms with Gasteiger partial charge < -0.3 is 9.84 Å². The standard InChI is InChI=1S/C13H15NO5S/c1-19-11-4-6-12(7-5-11)20(17,18)14-10-3-2-9(8-10)13(15)16/h2-7,9-10,14H,8H2,1H3,(H,15,16). The molecule has 0 aliphatic heterocycles. The third kappa shape index (κ3) is 3.17. The van der Waals surface area contributed by atoms with Crippen molar-refractivity contribution in [3.8, 4) is 5.75 Å². The van der Waals surface area contributed by atoms with Gasteiger partial charge in [0.2, 0.25) is 10.0 Å². The summed E-state index contributed by atoms with van der Waals surface area (Å²) in [6, 6.07) is 5.49. The van der Waals surface area contributed by atoms with E-state index in [0.29, 0.717) is 5.75 Å². The first-order valence-corrected chi connectivity index (χ1v) is 7.48. The maximum atomic E-state index is 12.1. The van der Waals surface area contributed by atoms with Gasteiger partial charge in [-0.05, 0) is 30.7 Å². The number of hydrogen-bond acceptors (Lipinski definition) is 4. The van der Waals surface area contributed by atoms with Gasteiger partial charge in [0, 0.05) is 6.04 Å². The fourth-order valence-electron chi connectivity index (χ4n) is 1.99. The van der Waals surface area contributed by atoms with Crippen LogP contribution in [0.15, 0.2) is 41.3 Å². The molecule has 2 unspecified atom stereocenters. The number of ether oxygens (including phenoxy) is 1. The summed E-state index contributed by atoms with van der Waals surface area (Å²) < 4.78 is 31.7. The molecule has 0 radical (unpaired) electrons. The van der Waals surface area contributed by atoms with Gasteiger partial charge in [0.15, 0.2) is 0 Å². The Bertz CT molecular complexity index is 621. The van der Waals surface area contributed by atoms with Gasteiger partial charge in [-0.3, -0.25) is 4.79 Å². The number of carboxylic acids is 1. The Balaban J connectivity index is 2.08. The molecule has 1 aliphatic carbocycles. The molecule has 2 rings (SSSR count). The van der Waals surface area contributed by atoms with Gasteiger partial charge >= 0.3 is 5.97 Å². The van der Waals surface area contributed by atoms with Crippen molar-refractivity contribution in [1.29, 1.82) is 0 Å². The predicted molar refractivity (Wildman–Crippen MR) is 72.0 cm³/mol. The van der Waals surface area contributed by atoms with Gasteiger partial charge in [0.05, 0.1) is 17.9 Å². The number of hydrogen-bond donors (Lipinski definition) is 2. The second-order valence-corrected chi connectivity index (χ2v) is 6.18. The molecular weight excluding hydrogens is 282 g/mol. The number of sulfonamides is 1. The third-order valence-corrected chi connectivity index (χ3v) is 4.58. The lowest BCUT2D eigenvalue weighted by molar-refractivity contribution is -0.140. The van der Waals surface area contributed by atoms with Crippen LogP contribution in [0, 0.1) is 5.92 Å². The minimum Gasteiger partial charge on any atom is -0.497 e. The molecular formula is C13H15NO5S. The third-order valence-electron chi connectivity index (χ3n) is 3.08. The molecule has 0 bridgehead atoms. The monoisotopic (exact) mass is 297 g/mol. The topological polar surface area (TPSA) is 92.7 Å². The molecule has 0 saturated carbocycles. The van der Waals surface area contributed by atoms with Crippen molar-refractivity contribution in [1.82, 2.24) is 4.72 Å². The Hall–Kier alpha value is -1.86. The van der Waals surface area contributed by atoms with Crippen molar-refractivity contribution in [2.45, 2.75) is 17.4 Å². The van der Waals surface area contributed by atoms with E-state index >= 15 is 0 Å². The van der Waals surface area contributed by atoms with Crippen LogP contribution in [-0.2, 0) is 14.8 Å². The fraction of sp³-hybridized carbons (Fsp3) is 0.308. The smallest absolute Gasteiger partial charge is 0.310 e. The summed E-state index contributed by atoms with van der Waals surface area (Å²) in [6.45, 7) is 0. The zero-order valence-corrected chi connectivity index (χ0v) is 11.6. The second kappa shape index (κ2) is 5.64. The van der Waals surface area contributed by atoms with E-state index in [-0.39, 0.29) is 11.3 Å². The Labute approximate surface area is 117 Å². The number of methoxy groups -OCH3 is 1. The molecule has 0 aromatic heterocycles. The zero-order chi connectivity index (χ0) is 14.8. The minimum atomic E-state index is -3.67. The number of nitrogens with one attached hydrogen (secondary N) is 1. The normalized spacial score (nSPS) is 21.9. The first kappa shape index (κ1) is 14.5. The Kier molecular flexibility index (Phi) is 4.10. The van der Waals surface area contributed by atoms with Gasteiger partial charge in [-0.1, -0.05) is 12.2 Å². The number of carbonyl (C=O) groups is 1. The van der Waals surface area contributed by atoms with Crippen molar-refractivity contribution in [3.63, 3.8) is 0 Å². The van der Waals surface area contributed by atoms with E-state index in [4.69, 9.17) is 9.84 Å². The lowest BCUT2D eigenvalue weighted by Gasteiger charge is -2.13. The molecule has 0 saturated heterocycles. The predicted octanol–water partition coefficient (Wildman–Crippen LogP) is 1.00. The lowest BCUT2D eigenvalue weighted by atomic mass is 10.1. The van der Waals surface area contributed by atoms with E-state index in [1.54, 1.807) is 18.2 Å². The van der Waals surface area contributed by atoms with Crippen molar-refractivity contribution < 1.29 is 23.1 Å². The number of rotatable bonds is 5. The molecule has 1 aliphatic rings. The highest BCUT2D eigenvalue weighted by atomic mass is 32.2. The molecule has 0 amide bonds. The summed E-state index contributed by atoms with van der Waals surface area (Å²) in [7, 11) is -2.17. The van der Waals surface area contributed by atoms with Crippen LogP contribution >= 0.6 is 0 Å². The highest BCUT2D eigenvalue weighted by Gasteiger charge is 2.27. The van der Waals surface area contributed by atoms with Crippen LogP contribution < -0.4 is 9.46 Å². The van der Waals surface area contributed by atoms with E-state index in [0.717, 1.165) is 0 Å². The Morgan fingerprint density at radius 2 is 1.95 bits per heavy atom. The molecule has 1 aromatic carbocycles. The van der Waals surface area contributed by atoms with Gasteiger partial charge in [0.1, 0.15) is 5.75 Å². The first-order chi connectivity index (χ1) is 9.42. The summed E-state index contributed by atoms with van der Waals surface area (Å²) in [5.41, 5.74) is 0. The largest absolute Gasteiger partial charge is 0.497 e. The summed E-state index contributed by atoms with van der Waals surface area (Å²) in [6.07, 6.45) is 3.30. The maximum Gasteiger partial charge on any atom is 0.310 e. The SMILES string of the molecule is COc1ccc(S(=O)(=O)NC2C=CC(C(=O)O)C2)cc1. The minimum absolute atomic E-state index is 0.116. The van der Waals surface area contributed by atoms with Crippen LogP contribution in [0.25, 0.3) is 0 Å². The summed E-state index contributed by atoms with van der Waals surface area (Å²) in [4.78, 5) is 10.9. The second-order valence-electron chi connectivity index (χ2n) is 4.47. The highest BCUT2D eigenvalue weighted by molar-refractivity contribution is 7.89. The maximum absolute atomic E-state index is 12.1. The van der Waals surface area contributed by atoms with Crippen molar-refractivity contribution in [2.75, 3.05) is 7.11 Å². The molecule has 0 spiro atoms. The van der Waals surface area contributed by atoms with Crippen LogP contribution in [-0.4, -0.2) is 32.6 Å². The molecule has 7 heteroatoms. The Morgan fingerprint density at radius 1 is 1.30 bits per heavy atom. The average Bonchev–Trinajstić information content (AvgIpc) is 2.87. The molecule has 6 nitrogen and oxygen atoms in total. The fourth-order valence-corrected chi connectivity index (χ4v) is 3.20. The van der Waals surface area contributed by atoms with E-state index in [9.17, 15) is 13.2 Å². The lowest BCUT2D eigenvalue weighted by Crippen LogP contribution is -2.33. The van der Waals surface area contributed by atoms with Crippen LogP contribution in [0.2, 0.25) is 0 Å². The van der Waals surface area contributed by atoms with Gasteiger partial charge in [0.25, 0.3) is 0 Å². The van der Waals surface area contributed by atoms with E-state index in [1.165, 1.54) is 25.3 Å². The average molecular weight is 297 g/mol. The number of aliphatic carboxylic acids is 1. The Morgan fingerprint density at radius 3 is 2.45 bits per heavy atom. The molecule has 108 valence electrons. The summed E-state index contributed by atoms with van der Waals surface area (Å²) in [5, 5.41) is 8.86. The van der Waals surface area contributed by atoms with Gasteiger partial charge in [-0.15, -0.1) is 0 Å². The summed E-state index contributed by atoms with van der Waals surface area (Å²) >= 11 is 0. The highest BCUT2D eigenvalue weighted by Crippen LogP contribution is 2.21. The number of carboxylic acid groups (broad SMARTS) is 1. The van der Waals surface area contributed by atoms with Crippen LogP contribution in [0.1, 0.15) is 6.42 Å². The van der Waals surface area contributed by atoms with Crippen molar-refractivity contribution in [2.24, 2.45) is 5.92 Å². The van der Waals surface area contributed by atoms with Gasteiger partial charge in [-0.25, -0.2) is 13.1 Å². The molecule has 0 fully saturated rings. The summed E-state index contributed by atoms with van der Waals surface area (Å²) in [5.74, 6) is -1.03. The molecule has 1 aromatic rings. The number of benzene rings is 1. The first-order valence-electron chi connectivity index (χ1n) is 6.00. The molecule has 0 heterocycles.